The van der Waals surface area contributed by atoms with Crippen LogP contribution in [0.25, 0.3) is 10.9 Å². The van der Waals surface area contributed by atoms with Gasteiger partial charge in [0.1, 0.15) is 0 Å². The SMILES string of the molecule is CC(=O)Nc1ccc2cc(CO)cnc2c1C. The average molecular weight is 230 g/mol. The van der Waals surface area contributed by atoms with Gasteiger partial charge in [0.15, 0.2) is 0 Å². The predicted octanol–water partition coefficient (Wildman–Crippen LogP) is 1.99. The molecule has 4 nitrogen and oxygen atoms in total. The maximum absolute atomic E-state index is 11.0. The topological polar surface area (TPSA) is 62.2 Å². The molecule has 0 aliphatic carbocycles. The number of aliphatic hydroxyl groups excluding tert-OH is 1. The van der Waals surface area contributed by atoms with E-state index in [0.29, 0.717) is 0 Å². The summed E-state index contributed by atoms with van der Waals surface area (Å²) >= 11 is 0. The van der Waals surface area contributed by atoms with Crippen LogP contribution in [0.5, 0.6) is 0 Å². The number of carbonyl (C=O) groups is 1. The van der Waals surface area contributed by atoms with Crippen LogP contribution in [0.15, 0.2) is 24.4 Å². The molecule has 0 saturated carbocycles. The van der Waals surface area contributed by atoms with E-state index in [1.807, 2.05) is 25.1 Å². The van der Waals surface area contributed by atoms with Crippen LogP contribution in [0.4, 0.5) is 5.69 Å². The summed E-state index contributed by atoms with van der Waals surface area (Å²) in [5.74, 6) is -0.0978. The Hall–Kier alpha value is -1.94. The fraction of sp³-hybridized carbons (Fsp3) is 0.231. The van der Waals surface area contributed by atoms with Crippen molar-refractivity contribution < 1.29 is 9.90 Å². The van der Waals surface area contributed by atoms with Gasteiger partial charge in [-0.05, 0) is 30.2 Å². The fourth-order valence-corrected chi connectivity index (χ4v) is 1.80. The molecule has 0 radical (unpaired) electrons. The molecule has 0 fully saturated rings. The van der Waals surface area contributed by atoms with Gasteiger partial charge in [0.25, 0.3) is 0 Å². The van der Waals surface area contributed by atoms with Gasteiger partial charge in [-0.3, -0.25) is 9.78 Å². The van der Waals surface area contributed by atoms with Crippen molar-refractivity contribution in [2.45, 2.75) is 20.5 Å². The summed E-state index contributed by atoms with van der Waals surface area (Å²) in [6.07, 6.45) is 1.65. The molecular formula is C13H14N2O2. The highest BCUT2D eigenvalue weighted by Crippen LogP contribution is 2.24. The van der Waals surface area contributed by atoms with Crippen molar-refractivity contribution in [2.75, 3.05) is 5.32 Å². The normalized spacial score (nSPS) is 10.5. The molecule has 0 saturated heterocycles. The zero-order valence-corrected chi connectivity index (χ0v) is 9.82. The van der Waals surface area contributed by atoms with Crippen LogP contribution in [0.3, 0.4) is 0 Å². The second-order valence-electron chi connectivity index (χ2n) is 3.99. The first kappa shape index (κ1) is 11.5. The van der Waals surface area contributed by atoms with Crippen LogP contribution in [-0.4, -0.2) is 16.0 Å². The van der Waals surface area contributed by atoms with Crippen LogP contribution in [0.2, 0.25) is 0 Å². The molecule has 4 heteroatoms. The average Bonchev–Trinajstić information content (AvgIpc) is 2.32. The van der Waals surface area contributed by atoms with Gasteiger partial charge in [0.05, 0.1) is 12.1 Å². The van der Waals surface area contributed by atoms with Crippen molar-refractivity contribution in [2.24, 2.45) is 0 Å². The number of nitrogens with one attached hydrogen (secondary N) is 1. The third-order valence-electron chi connectivity index (χ3n) is 2.66. The molecule has 0 bridgehead atoms. The van der Waals surface area contributed by atoms with Gasteiger partial charge in [-0.25, -0.2) is 0 Å². The Labute approximate surface area is 99.3 Å². The van der Waals surface area contributed by atoms with E-state index in [4.69, 9.17) is 5.11 Å². The van der Waals surface area contributed by atoms with Crippen LogP contribution in [0.1, 0.15) is 18.1 Å². The van der Waals surface area contributed by atoms with E-state index in [1.165, 1.54) is 6.92 Å². The summed E-state index contributed by atoms with van der Waals surface area (Å²) in [5, 5.41) is 12.8. The number of aliphatic hydroxyl groups is 1. The number of anilines is 1. The number of fused-ring (bicyclic) bond motifs is 1. The van der Waals surface area contributed by atoms with Crippen molar-refractivity contribution in [3.63, 3.8) is 0 Å². The summed E-state index contributed by atoms with van der Waals surface area (Å²) in [6.45, 7) is 3.38. The Balaban J connectivity index is 2.56. The number of aryl methyl sites for hydroxylation is 1. The van der Waals surface area contributed by atoms with Crippen LogP contribution >= 0.6 is 0 Å². The van der Waals surface area contributed by atoms with Gasteiger partial charge in [-0.15, -0.1) is 0 Å². The smallest absolute Gasteiger partial charge is 0.221 e. The lowest BCUT2D eigenvalue weighted by Crippen LogP contribution is -2.07. The summed E-state index contributed by atoms with van der Waals surface area (Å²) in [7, 11) is 0. The molecule has 0 unspecified atom stereocenters. The number of hydrogen-bond acceptors (Lipinski definition) is 3. The Morgan fingerprint density at radius 1 is 1.47 bits per heavy atom. The van der Waals surface area contributed by atoms with E-state index in [1.54, 1.807) is 6.20 Å². The monoisotopic (exact) mass is 230 g/mol. The number of aromatic nitrogens is 1. The number of rotatable bonds is 2. The Kier molecular flexibility index (Phi) is 3.06. The molecule has 2 rings (SSSR count). The van der Waals surface area contributed by atoms with Crippen LogP contribution < -0.4 is 5.32 Å². The number of nitrogens with zero attached hydrogens (tertiary/aromatic N) is 1. The standard InChI is InChI=1S/C13H14N2O2/c1-8-12(15-9(2)17)4-3-11-5-10(7-16)6-14-13(8)11/h3-6,16H,7H2,1-2H3,(H,15,17). The zero-order valence-electron chi connectivity index (χ0n) is 9.82. The lowest BCUT2D eigenvalue weighted by molar-refractivity contribution is -0.114. The Bertz CT molecular complexity index is 579. The summed E-state index contributed by atoms with van der Waals surface area (Å²) < 4.78 is 0. The van der Waals surface area contributed by atoms with Crippen molar-refractivity contribution in [3.8, 4) is 0 Å². The summed E-state index contributed by atoms with van der Waals surface area (Å²) in [5.41, 5.74) is 3.33. The van der Waals surface area contributed by atoms with Crippen LogP contribution in [0, 0.1) is 6.92 Å². The molecule has 1 aromatic carbocycles. The number of carbonyl (C=O) groups excluding carboxylic acids is 1. The van der Waals surface area contributed by atoms with Gasteiger partial charge in [0, 0.05) is 24.2 Å². The van der Waals surface area contributed by atoms with Gasteiger partial charge in [0.2, 0.25) is 5.91 Å². The molecule has 0 aliphatic heterocycles. The van der Waals surface area contributed by atoms with E-state index in [-0.39, 0.29) is 12.5 Å². The molecular weight excluding hydrogens is 216 g/mol. The summed E-state index contributed by atoms with van der Waals surface area (Å²) in [4.78, 5) is 15.3. The molecule has 1 amide bonds. The third-order valence-corrected chi connectivity index (χ3v) is 2.66. The van der Waals surface area contributed by atoms with Gasteiger partial charge in [-0.1, -0.05) is 6.07 Å². The predicted molar refractivity (Wildman–Crippen MR) is 66.7 cm³/mol. The lowest BCUT2D eigenvalue weighted by Gasteiger charge is -2.09. The van der Waals surface area contributed by atoms with Crippen molar-refractivity contribution in [1.82, 2.24) is 4.98 Å². The molecule has 0 spiro atoms. The summed E-state index contributed by atoms with van der Waals surface area (Å²) in [6, 6.07) is 5.63. The minimum absolute atomic E-state index is 0.0184. The molecule has 2 aromatic rings. The molecule has 1 aromatic heterocycles. The second kappa shape index (κ2) is 4.51. The van der Waals surface area contributed by atoms with Crippen molar-refractivity contribution >= 4 is 22.5 Å². The lowest BCUT2D eigenvalue weighted by atomic mass is 10.1. The highest BCUT2D eigenvalue weighted by Gasteiger charge is 2.06. The Morgan fingerprint density at radius 3 is 2.88 bits per heavy atom. The van der Waals surface area contributed by atoms with E-state index < -0.39 is 0 Å². The molecule has 88 valence electrons. The largest absolute Gasteiger partial charge is 0.392 e. The zero-order chi connectivity index (χ0) is 12.4. The van der Waals surface area contributed by atoms with Gasteiger partial charge >= 0.3 is 0 Å². The first-order chi connectivity index (χ1) is 8.11. The number of amides is 1. The van der Waals surface area contributed by atoms with E-state index in [0.717, 1.165) is 27.7 Å². The molecule has 1 heterocycles. The highest BCUT2D eigenvalue weighted by atomic mass is 16.3. The van der Waals surface area contributed by atoms with Crippen molar-refractivity contribution in [3.05, 3.63) is 35.5 Å². The maximum atomic E-state index is 11.0. The second-order valence-corrected chi connectivity index (χ2v) is 3.99. The van der Waals surface area contributed by atoms with E-state index >= 15 is 0 Å². The molecule has 2 N–H and O–H groups in total. The van der Waals surface area contributed by atoms with Crippen molar-refractivity contribution in [1.29, 1.82) is 0 Å². The maximum Gasteiger partial charge on any atom is 0.221 e. The highest BCUT2D eigenvalue weighted by molar-refractivity contribution is 5.94. The molecule has 17 heavy (non-hydrogen) atoms. The number of hydrogen-bond donors (Lipinski definition) is 2. The minimum Gasteiger partial charge on any atom is -0.392 e. The molecule has 0 atom stereocenters. The quantitative estimate of drug-likeness (QED) is 0.829. The van der Waals surface area contributed by atoms with Gasteiger partial charge < -0.3 is 10.4 Å². The fourth-order valence-electron chi connectivity index (χ4n) is 1.80. The number of pyridine rings is 1. The molecule has 0 aliphatic rings. The third kappa shape index (κ3) is 2.26. The minimum atomic E-state index is -0.0978. The van der Waals surface area contributed by atoms with E-state index in [9.17, 15) is 4.79 Å². The first-order valence-corrected chi connectivity index (χ1v) is 5.38. The number of benzene rings is 1. The Morgan fingerprint density at radius 2 is 2.24 bits per heavy atom. The van der Waals surface area contributed by atoms with Crippen LogP contribution in [-0.2, 0) is 11.4 Å². The first-order valence-electron chi connectivity index (χ1n) is 5.38. The van der Waals surface area contributed by atoms with E-state index in [2.05, 4.69) is 10.3 Å². The van der Waals surface area contributed by atoms with Gasteiger partial charge in [-0.2, -0.15) is 0 Å².